The number of nitrogens with one attached hydrogen (secondary N) is 1. The smallest absolute Gasteiger partial charge is 0.255 e. The van der Waals surface area contributed by atoms with Crippen molar-refractivity contribution in [1.82, 2.24) is 0 Å². The first kappa shape index (κ1) is 15.9. The van der Waals surface area contributed by atoms with Crippen LogP contribution in [0.5, 0.6) is 0 Å². The van der Waals surface area contributed by atoms with Gasteiger partial charge >= 0.3 is 0 Å². The van der Waals surface area contributed by atoms with E-state index < -0.39 is 0 Å². The third-order valence-electron chi connectivity index (χ3n) is 3.53. The minimum atomic E-state index is -0.204. The second-order valence-electron chi connectivity index (χ2n) is 5.01. The van der Waals surface area contributed by atoms with Gasteiger partial charge in [-0.05, 0) is 48.2 Å². The SMILES string of the molecule is CCC(C)c1ccc(NC(=O)c2ccc(Cl)c(Cl)c2)cc1. The van der Waals surface area contributed by atoms with E-state index in [2.05, 4.69) is 19.2 Å². The number of amides is 1. The van der Waals surface area contributed by atoms with Gasteiger partial charge in [0, 0.05) is 11.3 Å². The summed E-state index contributed by atoms with van der Waals surface area (Å²) in [5.74, 6) is 0.315. The standard InChI is InChI=1S/C17H17Cl2NO/c1-3-11(2)12-4-7-14(8-5-12)20-17(21)13-6-9-15(18)16(19)10-13/h4-11H,3H2,1-2H3,(H,20,21). The van der Waals surface area contributed by atoms with Crippen LogP contribution >= 0.6 is 23.2 Å². The molecule has 2 rings (SSSR count). The second kappa shape index (κ2) is 6.97. The van der Waals surface area contributed by atoms with Gasteiger partial charge in [-0.1, -0.05) is 49.2 Å². The fraction of sp³-hybridized carbons (Fsp3) is 0.235. The van der Waals surface area contributed by atoms with Gasteiger partial charge in [0.05, 0.1) is 10.0 Å². The highest BCUT2D eigenvalue weighted by Crippen LogP contribution is 2.24. The number of carbonyl (C=O) groups excluding carboxylic acids is 1. The van der Waals surface area contributed by atoms with Crippen LogP contribution in [0.1, 0.15) is 42.1 Å². The third-order valence-corrected chi connectivity index (χ3v) is 4.27. The van der Waals surface area contributed by atoms with E-state index in [1.165, 1.54) is 5.56 Å². The lowest BCUT2D eigenvalue weighted by molar-refractivity contribution is 0.102. The number of halogens is 2. The molecular formula is C17H17Cl2NO. The van der Waals surface area contributed by atoms with E-state index in [0.29, 0.717) is 21.5 Å². The summed E-state index contributed by atoms with van der Waals surface area (Å²) in [5, 5.41) is 3.66. The molecule has 110 valence electrons. The van der Waals surface area contributed by atoms with Crippen molar-refractivity contribution in [2.24, 2.45) is 0 Å². The van der Waals surface area contributed by atoms with Crippen LogP contribution < -0.4 is 5.32 Å². The van der Waals surface area contributed by atoms with Crippen molar-refractivity contribution in [3.8, 4) is 0 Å². The first-order valence-electron chi connectivity index (χ1n) is 6.87. The Morgan fingerprint density at radius 1 is 1.10 bits per heavy atom. The summed E-state index contributed by atoms with van der Waals surface area (Å²) in [6.07, 6.45) is 1.09. The molecule has 0 aliphatic heterocycles. The number of benzene rings is 2. The molecule has 0 spiro atoms. The molecule has 0 aromatic heterocycles. The molecule has 1 amide bonds. The van der Waals surface area contributed by atoms with E-state index in [1.54, 1.807) is 18.2 Å². The topological polar surface area (TPSA) is 29.1 Å². The largest absolute Gasteiger partial charge is 0.322 e. The molecule has 21 heavy (non-hydrogen) atoms. The Kier molecular flexibility index (Phi) is 5.27. The van der Waals surface area contributed by atoms with Crippen molar-refractivity contribution in [2.45, 2.75) is 26.2 Å². The summed E-state index contributed by atoms with van der Waals surface area (Å²) < 4.78 is 0. The van der Waals surface area contributed by atoms with Gasteiger partial charge in [0.2, 0.25) is 0 Å². The molecular weight excluding hydrogens is 305 g/mol. The van der Waals surface area contributed by atoms with Crippen LogP contribution in [-0.4, -0.2) is 5.91 Å². The normalized spacial score (nSPS) is 12.0. The van der Waals surface area contributed by atoms with E-state index in [-0.39, 0.29) is 5.91 Å². The zero-order valence-corrected chi connectivity index (χ0v) is 13.5. The van der Waals surface area contributed by atoms with E-state index in [4.69, 9.17) is 23.2 Å². The quantitative estimate of drug-likeness (QED) is 0.762. The molecule has 0 bridgehead atoms. The lowest BCUT2D eigenvalue weighted by atomic mass is 9.98. The molecule has 1 N–H and O–H groups in total. The molecule has 0 saturated heterocycles. The Bertz CT molecular complexity index is 638. The maximum atomic E-state index is 12.1. The summed E-state index contributed by atoms with van der Waals surface area (Å²) in [4.78, 5) is 12.1. The number of rotatable bonds is 4. The highest BCUT2D eigenvalue weighted by atomic mass is 35.5. The van der Waals surface area contributed by atoms with Crippen LogP contribution in [0, 0.1) is 0 Å². The molecule has 2 aromatic rings. The maximum Gasteiger partial charge on any atom is 0.255 e. The first-order valence-corrected chi connectivity index (χ1v) is 7.63. The van der Waals surface area contributed by atoms with Crippen molar-refractivity contribution < 1.29 is 4.79 Å². The molecule has 2 nitrogen and oxygen atoms in total. The molecule has 0 radical (unpaired) electrons. The van der Waals surface area contributed by atoms with Crippen molar-refractivity contribution in [3.63, 3.8) is 0 Å². The van der Waals surface area contributed by atoms with Crippen molar-refractivity contribution in [3.05, 3.63) is 63.6 Å². The summed E-state index contributed by atoms with van der Waals surface area (Å²) in [7, 11) is 0. The minimum absolute atomic E-state index is 0.204. The average Bonchev–Trinajstić information content (AvgIpc) is 2.50. The van der Waals surface area contributed by atoms with Gasteiger partial charge in [-0.3, -0.25) is 4.79 Å². The van der Waals surface area contributed by atoms with E-state index in [0.717, 1.165) is 12.1 Å². The Morgan fingerprint density at radius 2 is 1.76 bits per heavy atom. The summed E-state index contributed by atoms with van der Waals surface area (Å²) >= 11 is 11.8. The van der Waals surface area contributed by atoms with E-state index >= 15 is 0 Å². The number of hydrogen-bond donors (Lipinski definition) is 1. The number of hydrogen-bond acceptors (Lipinski definition) is 1. The Balaban J connectivity index is 2.10. The molecule has 4 heteroatoms. The Morgan fingerprint density at radius 3 is 2.33 bits per heavy atom. The lowest BCUT2D eigenvalue weighted by Crippen LogP contribution is -2.11. The van der Waals surface area contributed by atoms with Crippen LogP contribution in [0.3, 0.4) is 0 Å². The van der Waals surface area contributed by atoms with Crippen LogP contribution in [0.15, 0.2) is 42.5 Å². The number of anilines is 1. The van der Waals surface area contributed by atoms with E-state index in [1.807, 2.05) is 24.3 Å². The highest BCUT2D eigenvalue weighted by molar-refractivity contribution is 6.42. The van der Waals surface area contributed by atoms with Crippen LogP contribution in [0.4, 0.5) is 5.69 Å². The highest BCUT2D eigenvalue weighted by Gasteiger charge is 2.09. The predicted octanol–water partition coefficient (Wildman–Crippen LogP) is 5.76. The molecule has 0 aliphatic rings. The van der Waals surface area contributed by atoms with Crippen molar-refractivity contribution >= 4 is 34.8 Å². The van der Waals surface area contributed by atoms with Crippen LogP contribution in [-0.2, 0) is 0 Å². The molecule has 0 saturated carbocycles. The molecule has 0 fully saturated rings. The summed E-state index contributed by atoms with van der Waals surface area (Å²) in [5.41, 5.74) is 2.51. The Labute approximate surface area is 135 Å². The second-order valence-corrected chi connectivity index (χ2v) is 5.83. The fourth-order valence-electron chi connectivity index (χ4n) is 1.97. The zero-order chi connectivity index (χ0) is 15.4. The molecule has 0 aliphatic carbocycles. The predicted molar refractivity (Wildman–Crippen MR) is 89.6 cm³/mol. The van der Waals surface area contributed by atoms with Crippen molar-refractivity contribution in [1.29, 1.82) is 0 Å². The summed E-state index contributed by atoms with van der Waals surface area (Å²) in [6, 6.07) is 12.7. The first-order chi connectivity index (χ1) is 10.0. The molecule has 2 aromatic carbocycles. The molecule has 0 heterocycles. The van der Waals surface area contributed by atoms with Gasteiger partial charge in [-0.25, -0.2) is 0 Å². The average molecular weight is 322 g/mol. The van der Waals surface area contributed by atoms with Crippen LogP contribution in [0.25, 0.3) is 0 Å². The maximum absolute atomic E-state index is 12.1. The van der Waals surface area contributed by atoms with Crippen molar-refractivity contribution in [2.75, 3.05) is 5.32 Å². The van der Waals surface area contributed by atoms with Gasteiger partial charge in [-0.15, -0.1) is 0 Å². The zero-order valence-electron chi connectivity index (χ0n) is 12.0. The Hall–Kier alpha value is -1.51. The van der Waals surface area contributed by atoms with Gasteiger partial charge in [-0.2, -0.15) is 0 Å². The van der Waals surface area contributed by atoms with Gasteiger partial charge in [0.1, 0.15) is 0 Å². The molecule has 1 unspecified atom stereocenters. The third kappa shape index (κ3) is 3.99. The van der Waals surface area contributed by atoms with Gasteiger partial charge in [0.25, 0.3) is 5.91 Å². The minimum Gasteiger partial charge on any atom is -0.322 e. The monoisotopic (exact) mass is 321 g/mol. The summed E-state index contributed by atoms with van der Waals surface area (Å²) in [6.45, 7) is 4.34. The lowest BCUT2D eigenvalue weighted by Gasteiger charge is -2.10. The fourth-order valence-corrected chi connectivity index (χ4v) is 2.27. The van der Waals surface area contributed by atoms with Gasteiger partial charge < -0.3 is 5.32 Å². The van der Waals surface area contributed by atoms with Crippen LogP contribution in [0.2, 0.25) is 10.0 Å². The number of carbonyl (C=O) groups is 1. The molecule has 1 atom stereocenters. The van der Waals surface area contributed by atoms with Gasteiger partial charge in [0.15, 0.2) is 0 Å². The van der Waals surface area contributed by atoms with E-state index in [9.17, 15) is 4.79 Å².